The van der Waals surface area contributed by atoms with E-state index in [4.69, 9.17) is 4.18 Å². The van der Waals surface area contributed by atoms with Gasteiger partial charge in [0.15, 0.2) is 0 Å². The van der Waals surface area contributed by atoms with E-state index in [2.05, 4.69) is 11.6 Å². The van der Waals surface area contributed by atoms with Gasteiger partial charge in [-0.1, -0.05) is 6.92 Å². The van der Waals surface area contributed by atoms with Crippen LogP contribution in [0, 0.1) is 40.4 Å². The summed E-state index contributed by atoms with van der Waals surface area (Å²) in [4.78, 5) is 12.3. The topological polar surface area (TPSA) is 92.7 Å². The molecule has 3 unspecified atom stereocenters. The largest absolute Gasteiger partial charge is 0.391 e. The van der Waals surface area contributed by atoms with Gasteiger partial charge in [-0.2, -0.15) is 13.1 Å². The van der Waals surface area contributed by atoms with Crippen LogP contribution in [-0.4, -0.2) is 38.1 Å². The molecule has 0 amide bonds. The highest BCUT2D eigenvalue weighted by Crippen LogP contribution is 2.67. The molecule has 0 aromatic carbocycles. The normalized spacial score (nSPS) is 54.8. The summed E-state index contributed by atoms with van der Waals surface area (Å²) in [6, 6.07) is -0.440. The van der Waals surface area contributed by atoms with E-state index in [1.54, 1.807) is 6.92 Å². The van der Waals surface area contributed by atoms with Gasteiger partial charge in [-0.3, -0.25) is 8.98 Å². The molecule has 5 rings (SSSR count). The number of nitrogens with one attached hydrogen (secondary N) is 1. The quantitative estimate of drug-likeness (QED) is 0.691. The van der Waals surface area contributed by atoms with Gasteiger partial charge in [0.05, 0.1) is 18.8 Å². The van der Waals surface area contributed by atoms with E-state index in [0.717, 1.165) is 38.5 Å². The summed E-state index contributed by atoms with van der Waals surface area (Å²) in [5, 5.41) is 10.6. The highest BCUT2D eigenvalue weighted by molar-refractivity contribution is 7.84. The average Bonchev–Trinajstić information content (AvgIpc) is 2.92. The van der Waals surface area contributed by atoms with Crippen molar-refractivity contribution in [2.24, 2.45) is 40.4 Å². The Morgan fingerprint density at radius 1 is 1.14 bits per heavy atom. The average molecular weight is 412 g/mol. The highest BCUT2D eigenvalue weighted by atomic mass is 32.2. The third-order valence-corrected chi connectivity index (χ3v) is 10.7. The Labute approximate surface area is 168 Å². The van der Waals surface area contributed by atoms with Crippen molar-refractivity contribution in [1.82, 2.24) is 4.72 Å². The van der Waals surface area contributed by atoms with Crippen LogP contribution in [0.3, 0.4) is 0 Å². The van der Waals surface area contributed by atoms with Crippen LogP contribution < -0.4 is 4.72 Å². The van der Waals surface area contributed by atoms with Crippen LogP contribution in [0.5, 0.6) is 0 Å². The molecule has 5 aliphatic rings. The zero-order valence-electron chi connectivity index (χ0n) is 16.9. The molecule has 158 valence electrons. The third kappa shape index (κ3) is 2.62. The van der Waals surface area contributed by atoms with Crippen molar-refractivity contribution in [3.8, 4) is 0 Å². The monoisotopic (exact) mass is 411 g/mol. The lowest BCUT2D eigenvalue weighted by Gasteiger charge is -2.61. The maximum atomic E-state index is 12.3. The number of aliphatic hydroxyl groups is 1. The van der Waals surface area contributed by atoms with Crippen molar-refractivity contribution in [3.63, 3.8) is 0 Å². The Balaban J connectivity index is 1.51. The summed E-state index contributed by atoms with van der Waals surface area (Å²) in [6.07, 6.45) is 7.10. The summed E-state index contributed by atoms with van der Waals surface area (Å²) < 4.78 is 32.6. The number of carbonyl (C=O) groups excluding carboxylic acids is 1. The SMILES string of the molecule is CC(=O)[C@H]1CCC2C3CC[C@H]4C[C@H](O)[C@@H]5C[C@]4(COS(=O)(=O)N5)C3CC[C@@]21C. The maximum absolute atomic E-state index is 12.3. The van der Waals surface area contributed by atoms with E-state index in [-0.39, 0.29) is 23.4 Å². The molecule has 7 heteroatoms. The number of hydrogen-bond acceptors (Lipinski definition) is 5. The van der Waals surface area contributed by atoms with Gasteiger partial charge in [0.1, 0.15) is 5.78 Å². The zero-order valence-corrected chi connectivity index (χ0v) is 17.7. The van der Waals surface area contributed by atoms with Gasteiger partial charge >= 0.3 is 10.3 Å². The predicted molar refractivity (Wildman–Crippen MR) is 103 cm³/mol. The van der Waals surface area contributed by atoms with Gasteiger partial charge in [0, 0.05) is 11.3 Å². The summed E-state index contributed by atoms with van der Waals surface area (Å²) in [7, 11) is -3.80. The first-order chi connectivity index (χ1) is 13.2. The van der Waals surface area contributed by atoms with E-state index >= 15 is 0 Å². The fraction of sp³-hybridized carbons (Fsp3) is 0.952. The van der Waals surface area contributed by atoms with E-state index in [1.807, 2.05) is 0 Å². The summed E-state index contributed by atoms with van der Waals surface area (Å²) in [5.41, 5.74) is -0.0704. The zero-order chi connectivity index (χ0) is 19.9. The van der Waals surface area contributed by atoms with Crippen LogP contribution in [0.4, 0.5) is 0 Å². The van der Waals surface area contributed by atoms with Crippen molar-refractivity contribution in [2.45, 2.75) is 77.4 Å². The second kappa shape index (κ2) is 6.25. The number of carbonyl (C=O) groups is 1. The lowest BCUT2D eigenvalue weighted by molar-refractivity contribution is -0.153. The van der Waals surface area contributed by atoms with Crippen LogP contribution in [0.1, 0.15) is 65.2 Å². The first-order valence-corrected chi connectivity index (χ1v) is 12.4. The first-order valence-electron chi connectivity index (χ1n) is 11.0. The molecule has 0 aromatic rings. The molecule has 5 fully saturated rings. The molecule has 2 bridgehead atoms. The molecule has 1 spiro atoms. The van der Waals surface area contributed by atoms with E-state index in [0.29, 0.717) is 42.3 Å². The maximum Gasteiger partial charge on any atom is 0.336 e. The molecule has 28 heavy (non-hydrogen) atoms. The van der Waals surface area contributed by atoms with Crippen LogP contribution in [0.2, 0.25) is 0 Å². The molecule has 0 aromatic heterocycles. The molecule has 6 nitrogen and oxygen atoms in total. The van der Waals surface area contributed by atoms with E-state index in [1.165, 1.54) is 0 Å². The Hall–Kier alpha value is -0.500. The molecule has 1 aliphatic heterocycles. The van der Waals surface area contributed by atoms with Gasteiger partial charge in [0.2, 0.25) is 0 Å². The Bertz CT molecular complexity index is 784. The molecular weight excluding hydrogens is 378 g/mol. The number of Topliss-reactive ketones (excluding diaryl/α,β-unsaturated/α-hetero) is 1. The number of hydrogen-bond donors (Lipinski definition) is 2. The van der Waals surface area contributed by atoms with Crippen LogP contribution in [-0.2, 0) is 19.3 Å². The fourth-order valence-corrected chi connectivity index (χ4v) is 9.59. The molecule has 9 atom stereocenters. The van der Waals surface area contributed by atoms with Gasteiger partial charge < -0.3 is 5.11 Å². The van der Waals surface area contributed by atoms with Crippen molar-refractivity contribution < 1.29 is 22.5 Å². The number of ketones is 1. The minimum Gasteiger partial charge on any atom is -0.391 e. The van der Waals surface area contributed by atoms with Gasteiger partial charge in [0.25, 0.3) is 0 Å². The molecule has 0 radical (unpaired) electrons. The summed E-state index contributed by atoms with van der Waals surface area (Å²) in [5.74, 6) is 2.36. The van der Waals surface area contributed by atoms with Crippen LogP contribution in [0.25, 0.3) is 0 Å². The number of rotatable bonds is 1. The second-order valence-electron chi connectivity index (χ2n) is 10.6. The third-order valence-electron chi connectivity index (χ3n) is 9.70. The Morgan fingerprint density at radius 2 is 1.93 bits per heavy atom. The minimum absolute atomic E-state index is 0.0972. The van der Waals surface area contributed by atoms with Crippen molar-refractivity contribution >= 4 is 16.1 Å². The number of aliphatic hydroxyl groups excluding tert-OH is 1. The molecule has 2 N–H and O–H groups in total. The van der Waals surface area contributed by atoms with E-state index in [9.17, 15) is 18.3 Å². The number of fused-ring (bicyclic) bond motifs is 4. The standard InChI is InChI=1S/C21H33NO5S/c1-12(23)15-5-6-16-14-4-3-13-9-19(24)18-10-21(13,11-27-28(25,26)22-18)17(14)7-8-20(15,16)2/h13-19,22,24H,3-11H2,1-2H3/t13-,14?,15+,16?,17?,18-,19-,20+,21+/m0/s1. The lowest BCUT2D eigenvalue weighted by atomic mass is 9.44. The van der Waals surface area contributed by atoms with Crippen molar-refractivity contribution in [3.05, 3.63) is 0 Å². The highest BCUT2D eigenvalue weighted by Gasteiger charge is 2.64. The minimum atomic E-state index is -3.80. The van der Waals surface area contributed by atoms with Crippen LogP contribution in [0.15, 0.2) is 0 Å². The second-order valence-corrected chi connectivity index (χ2v) is 12.0. The molecule has 4 saturated carbocycles. The summed E-state index contributed by atoms with van der Waals surface area (Å²) in [6.45, 7) is 4.33. The molecule has 4 aliphatic carbocycles. The Morgan fingerprint density at radius 3 is 2.68 bits per heavy atom. The fourth-order valence-electron chi connectivity index (χ4n) is 8.54. The van der Waals surface area contributed by atoms with Gasteiger partial charge in [-0.25, -0.2) is 0 Å². The van der Waals surface area contributed by atoms with Gasteiger partial charge in [-0.05, 0) is 87.4 Å². The Kier molecular flexibility index (Phi) is 4.35. The van der Waals surface area contributed by atoms with Gasteiger partial charge in [-0.15, -0.1) is 0 Å². The van der Waals surface area contributed by atoms with Crippen molar-refractivity contribution in [1.29, 1.82) is 0 Å². The van der Waals surface area contributed by atoms with Crippen LogP contribution >= 0.6 is 0 Å². The first kappa shape index (κ1) is 19.5. The van der Waals surface area contributed by atoms with E-state index < -0.39 is 22.4 Å². The smallest absolute Gasteiger partial charge is 0.336 e. The molecular formula is C21H33NO5S. The summed E-state index contributed by atoms with van der Waals surface area (Å²) >= 11 is 0. The predicted octanol–water partition coefficient (Wildman–Crippen LogP) is 2.42. The molecule has 1 heterocycles. The lowest BCUT2D eigenvalue weighted by Crippen LogP contribution is -2.60. The van der Waals surface area contributed by atoms with Crippen molar-refractivity contribution in [2.75, 3.05) is 6.61 Å². The molecule has 1 saturated heterocycles.